The maximum atomic E-state index is 12.4. The van der Waals surface area contributed by atoms with E-state index in [2.05, 4.69) is 13.8 Å². The lowest BCUT2D eigenvalue weighted by atomic mass is 9.74. The topological polar surface area (TPSA) is 52.3 Å². The molecule has 0 saturated heterocycles. The third-order valence-electron chi connectivity index (χ3n) is 3.49. The van der Waals surface area contributed by atoms with Crippen molar-refractivity contribution in [2.75, 3.05) is 5.73 Å². The summed E-state index contributed by atoms with van der Waals surface area (Å²) in [5.41, 5.74) is 7.33. The van der Waals surface area contributed by atoms with Gasteiger partial charge in [-0.25, -0.2) is 4.79 Å². The van der Waals surface area contributed by atoms with Gasteiger partial charge in [0.15, 0.2) is 0 Å². The summed E-state index contributed by atoms with van der Waals surface area (Å²) in [6, 6.07) is 0. The molecule has 3 nitrogen and oxygen atoms in total. The first-order valence-electron chi connectivity index (χ1n) is 6.77. The molecule has 0 atom stereocenters. The molecule has 1 aromatic rings. The maximum Gasteiger partial charge on any atom is 0.341 e. The molecule has 0 aromatic carbocycles. The van der Waals surface area contributed by atoms with E-state index < -0.39 is 5.60 Å². The van der Waals surface area contributed by atoms with Gasteiger partial charge in [-0.15, -0.1) is 11.3 Å². The Morgan fingerprint density at radius 1 is 1.37 bits per heavy atom. The van der Waals surface area contributed by atoms with Gasteiger partial charge in [0.2, 0.25) is 0 Å². The highest BCUT2D eigenvalue weighted by molar-refractivity contribution is 7.16. The minimum atomic E-state index is -0.489. The van der Waals surface area contributed by atoms with Crippen LogP contribution in [-0.4, -0.2) is 11.6 Å². The van der Waals surface area contributed by atoms with Crippen LogP contribution in [0, 0.1) is 0 Å². The number of aryl methyl sites for hydroxylation is 1. The molecular weight excluding hydrogens is 258 g/mol. The van der Waals surface area contributed by atoms with Crippen molar-refractivity contribution in [3.8, 4) is 0 Å². The van der Waals surface area contributed by atoms with E-state index in [1.54, 1.807) is 11.3 Å². The van der Waals surface area contributed by atoms with Gasteiger partial charge in [0.1, 0.15) is 10.6 Å². The molecule has 2 N–H and O–H groups in total. The highest BCUT2D eigenvalue weighted by Crippen LogP contribution is 2.45. The molecule has 1 aliphatic carbocycles. The molecule has 1 heterocycles. The van der Waals surface area contributed by atoms with Crippen LogP contribution in [0.1, 0.15) is 68.3 Å². The summed E-state index contributed by atoms with van der Waals surface area (Å²) >= 11 is 1.55. The van der Waals surface area contributed by atoms with Crippen LogP contribution in [0.2, 0.25) is 0 Å². The van der Waals surface area contributed by atoms with Gasteiger partial charge in [-0.05, 0) is 51.0 Å². The van der Waals surface area contributed by atoms with Gasteiger partial charge in [-0.3, -0.25) is 0 Å². The monoisotopic (exact) mass is 281 g/mol. The normalized spacial score (nSPS) is 17.9. The molecule has 0 aliphatic heterocycles. The maximum absolute atomic E-state index is 12.4. The van der Waals surface area contributed by atoms with E-state index in [1.165, 1.54) is 4.88 Å². The number of hydrogen-bond acceptors (Lipinski definition) is 4. The lowest BCUT2D eigenvalue weighted by molar-refractivity contribution is 0.00682. The predicted molar refractivity (Wildman–Crippen MR) is 79.9 cm³/mol. The first-order valence-corrected chi connectivity index (χ1v) is 7.58. The Labute approximate surface area is 119 Å². The molecule has 1 aromatic heterocycles. The van der Waals surface area contributed by atoms with Crippen LogP contribution in [0.5, 0.6) is 0 Å². The molecule has 0 radical (unpaired) electrons. The quantitative estimate of drug-likeness (QED) is 0.794. The summed E-state index contributed by atoms with van der Waals surface area (Å²) < 4.78 is 5.51. The zero-order valence-electron chi connectivity index (χ0n) is 12.4. The molecule has 4 heteroatoms. The van der Waals surface area contributed by atoms with Gasteiger partial charge in [0, 0.05) is 4.88 Å². The van der Waals surface area contributed by atoms with Crippen LogP contribution in [0.25, 0.3) is 0 Å². The summed E-state index contributed by atoms with van der Waals surface area (Å²) in [7, 11) is 0. The van der Waals surface area contributed by atoms with Crippen molar-refractivity contribution in [1.82, 2.24) is 0 Å². The van der Waals surface area contributed by atoms with Gasteiger partial charge in [-0.2, -0.15) is 0 Å². The Morgan fingerprint density at radius 3 is 2.58 bits per heavy atom. The van der Waals surface area contributed by atoms with Gasteiger partial charge >= 0.3 is 5.97 Å². The molecule has 0 spiro atoms. The minimum absolute atomic E-state index is 0.00788. The summed E-state index contributed by atoms with van der Waals surface area (Å²) in [6.45, 7) is 10.0. The van der Waals surface area contributed by atoms with E-state index in [0.29, 0.717) is 10.6 Å². The number of ether oxygens (including phenoxy) is 1. The number of carbonyl (C=O) groups excluding carboxylic acids is 1. The smallest absolute Gasteiger partial charge is 0.341 e. The molecule has 0 unspecified atom stereocenters. The largest absolute Gasteiger partial charge is 0.456 e. The second-order valence-electron chi connectivity index (χ2n) is 6.88. The average Bonchev–Trinajstić information content (AvgIpc) is 2.52. The number of esters is 1. The number of carbonyl (C=O) groups is 1. The van der Waals surface area contributed by atoms with Crippen molar-refractivity contribution < 1.29 is 9.53 Å². The van der Waals surface area contributed by atoms with Crippen molar-refractivity contribution in [3.63, 3.8) is 0 Å². The summed E-state index contributed by atoms with van der Waals surface area (Å²) in [5, 5.41) is 0.606. The number of thiophene rings is 1. The second-order valence-corrected chi connectivity index (χ2v) is 8.02. The molecule has 0 bridgehead atoms. The van der Waals surface area contributed by atoms with Crippen molar-refractivity contribution in [2.24, 2.45) is 0 Å². The zero-order valence-corrected chi connectivity index (χ0v) is 13.2. The van der Waals surface area contributed by atoms with Gasteiger partial charge in [0.25, 0.3) is 0 Å². The summed E-state index contributed by atoms with van der Waals surface area (Å²) in [6.07, 6.45) is 3.27. The van der Waals surface area contributed by atoms with E-state index in [4.69, 9.17) is 10.5 Å². The number of fused-ring (bicyclic) bond motifs is 1. The van der Waals surface area contributed by atoms with Crippen LogP contribution in [0.4, 0.5) is 5.00 Å². The number of rotatable bonds is 1. The lowest BCUT2D eigenvalue weighted by Crippen LogP contribution is -2.29. The van der Waals surface area contributed by atoms with Crippen molar-refractivity contribution >= 4 is 22.3 Å². The average molecular weight is 281 g/mol. The predicted octanol–water partition coefficient (Wildman–Crippen LogP) is 3.90. The third-order valence-corrected chi connectivity index (χ3v) is 4.57. The van der Waals surface area contributed by atoms with Gasteiger partial charge in [0.05, 0.1) is 5.56 Å². The standard InChI is InChI=1S/C15H23NO2S/c1-14(2,3)18-13(17)10-11-9(19-12(10)16)7-6-8-15(11,4)5/h6-8,16H2,1-5H3. The molecule has 0 fully saturated rings. The lowest BCUT2D eigenvalue weighted by Gasteiger charge is -2.31. The Bertz CT molecular complexity index is 509. The Kier molecular flexibility index (Phi) is 3.42. The van der Waals surface area contributed by atoms with E-state index in [-0.39, 0.29) is 11.4 Å². The molecule has 1 aliphatic rings. The van der Waals surface area contributed by atoms with Crippen LogP contribution in [0.3, 0.4) is 0 Å². The second kappa shape index (κ2) is 4.51. The van der Waals surface area contributed by atoms with Crippen molar-refractivity contribution in [3.05, 3.63) is 16.0 Å². The zero-order chi connectivity index (χ0) is 14.4. The fraction of sp³-hybridized carbons (Fsp3) is 0.667. The number of hydrogen-bond donors (Lipinski definition) is 1. The summed E-state index contributed by atoms with van der Waals surface area (Å²) in [4.78, 5) is 13.7. The van der Waals surface area contributed by atoms with Crippen LogP contribution < -0.4 is 5.73 Å². The SMILES string of the molecule is CC(C)(C)OC(=O)c1c(N)sc2c1C(C)(C)CCC2. The van der Waals surface area contributed by atoms with E-state index in [0.717, 1.165) is 24.8 Å². The van der Waals surface area contributed by atoms with Crippen molar-refractivity contribution in [2.45, 2.75) is 64.9 Å². The van der Waals surface area contributed by atoms with E-state index in [9.17, 15) is 4.79 Å². The third kappa shape index (κ3) is 2.78. The number of anilines is 1. The summed E-state index contributed by atoms with van der Waals surface area (Å²) in [5.74, 6) is -0.280. The first kappa shape index (κ1) is 14.4. The number of nitrogen functional groups attached to an aromatic ring is 1. The number of nitrogens with two attached hydrogens (primary N) is 1. The minimum Gasteiger partial charge on any atom is -0.456 e. The molecule has 106 valence electrons. The first-order chi connectivity index (χ1) is 8.62. The van der Waals surface area contributed by atoms with Crippen molar-refractivity contribution in [1.29, 1.82) is 0 Å². The Morgan fingerprint density at radius 2 is 2.00 bits per heavy atom. The van der Waals surface area contributed by atoms with Crippen LogP contribution >= 0.6 is 11.3 Å². The Hall–Kier alpha value is -1.03. The van der Waals surface area contributed by atoms with Gasteiger partial charge < -0.3 is 10.5 Å². The van der Waals surface area contributed by atoms with Crippen LogP contribution in [0.15, 0.2) is 0 Å². The fourth-order valence-electron chi connectivity index (χ4n) is 2.74. The molecule has 19 heavy (non-hydrogen) atoms. The van der Waals surface area contributed by atoms with Gasteiger partial charge in [-0.1, -0.05) is 13.8 Å². The van der Waals surface area contributed by atoms with Crippen LogP contribution in [-0.2, 0) is 16.6 Å². The van der Waals surface area contributed by atoms with E-state index in [1.807, 2.05) is 20.8 Å². The molecule has 0 amide bonds. The Balaban J connectivity index is 2.47. The molecular formula is C15H23NO2S. The fourth-order valence-corrected chi connectivity index (χ4v) is 4.02. The highest BCUT2D eigenvalue weighted by atomic mass is 32.1. The molecule has 0 saturated carbocycles. The molecule has 2 rings (SSSR count). The van der Waals surface area contributed by atoms with E-state index >= 15 is 0 Å². The highest BCUT2D eigenvalue weighted by Gasteiger charge is 2.36.